The molecule has 0 saturated carbocycles. The zero-order valence-electron chi connectivity index (χ0n) is 15.2. The van der Waals surface area contributed by atoms with Crippen LogP contribution < -0.4 is 5.32 Å². The molecule has 1 aromatic rings. The van der Waals surface area contributed by atoms with E-state index >= 15 is 0 Å². The van der Waals surface area contributed by atoms with Gasteiger partial charge in [0.25, 0.3) is 0 Å². The lowest BCUT2D eigenvalue weighted by Crippen LogP contribution is -2.45. The Morgan fingerprint density at radius 3 is 2.46 bits per heavy atom. The first kappa shape index (κ1) is 22.6. The van der Waals surface area contributed by atoms with Gasteiger partial charge in [-0.15, -0.1) is 24.0 Å². The molecule has 0 bridgehead atoms. The van der Waals surface area contributed by atoms with Gasteiger partial charge < -0.3 is 19.6 Å². The number of aryl methyl sites for hydroxylation is 1. The van der Waals surface area contributed by atoms with Crippen LogP contribution in [0.3, 0.4) is 0 Å². The predicted octanol–water partition coefficient (Wildman–Crippen LogP) is 1.30. The normalized spacial score (nSPS) is 11.0. The molecule has 0 radical (unpaired) electrons. The number of rotatable bonds is 8. The summed E-state index contributed by atoms with van der Waals surface area (Å²) in [5.74, 6) is 1.99. The van der Waals surface area contributed by atoms with Gasteiger partial charge in [0.15, 0.2) is 11.8 Å². The molecule has 0 aliphatic rings. The second kappa shape index (κ2) is 12.0. The quantitative estimate of drug-likeness (QED) is 0.364. The fourth-order valence-corrected chi connectivity index (χ4v) is 2.12. The van der Waals surface area contributed by atoms with Crippen molar-refractivity contribution in [2.45, 2.75) is 34.1 Å². The van der Waals surface area contributed by atoms with Crippen LogP contribution in [-0.2, 0) is 11.2 Å². The molecule has 0 unspecified atom stereocenters. The highest BCUT2D eigenvalue weighted by molar-refractivity contribution is 14.0. The molecule has 9 heteroatoms. The second-order valence-corrected chi connectivity index (χ2v) is 5.14. The molecule has 0 saturated heterocycles. The fraction of sp³-hybridized carbons (Fsp3) is 0.733. The molecule has 0 aliphatic carbocycles. The molecule has 0 atom stereocenters. The van der Waals surface area contributed by atoms with Crippen LogP contribution in [0.15, 0.2) is 9.52 Å². The maximum Gasteiger partial charge on any atom is 0.242 e. The molecular formula is C15H29IN6O2. The number of guanidine groups is 1. The fourth-order valence-electron chi connectivity index (χ4n) is 2.12. The van der Waals surface area contributed by atoms with Crippen LogP contribution in [0.2, 0.25) is 0 Å². The van der Waals surface area contributed by atoms with E-state index in [1.807, 2.05) is 32.7 Å². The monoisotopic (exact) mass is 452 g/mol. The molecule has 0 aliphatic heterocycles. The van der Waals surface area contributed by atoms with Crippen molar-refractivity contribution in [1.29, 1.82) is 0 Å². The molecule has 1 aromatic heterocycles. The highest BCUT2D eigenvalue weighted by Crippen LogP contribution is 1.98. The maximum absolute atomic E-state index is 12.2. The number of aromatic nitrogens is 2. The Kier molecular flexibility index (Phi) is 11.3. The largest absolute Gasteiger partial charge is 0.357 e. The minimum Gasteiger partial charge on any atom is -0.357 e. The highest BCUT2D eigenvalue weighted by Gasteiger charge is 2.15. The highest BCUT2D eigenvalue weighted by atomic mass is 127. The molecule has 0 fully saturated rings. The first-order chi connectivity index (χ1) is 11.0. The van der Waals surface area contributed by atoms with E-state index in [0.29, 0.717) is 50.3 Å². The van der Waals surface area contributed by atoms with Crippen molar-refractivity contribution >= 4 is 35.8 Å². The number of likely N-dealkylation sites (N-methyl/N-ethyl adjacent to an activating group) is 2. The molecule has 138 valence electrons. The summed E-state index contributed by atoms with van der Waals surface area (Å²) in [6, 6.07) is 0. The minimum absolute atomic E-state index is 0. The van der Waals surface area contributed by atoms with Crippen LogP contribution in [-0.4, -0.2) is 71.6 Å². The van der Waals surface area contributed by atoms with E-state index in [-0.39, 0.29) is 29.9 Å². The number of aliphatic imine (C=N–C) groups is 1. The number of carbonyl (C=O) groups is 1. The summed E-state index contributed by atoms with van der Waals surface area (Å²) in [7, 11) is 1.86. The SMILES string of the molecule is CCNC(=NCCc1nc(C)no1)N(C)CC(=O)N(CC)CC.I. The number of hydrogen-bond acceptors (Lipinski definition) is 5. The van der Waals surface area contributed by atoms with Crippen LogP contribution in [0.1, 0.15) is 32.5 Å². The van der Waals surface area contributed by atoms with E-state index in [2.05, 4.69) is 20.4 Å². The zero-order chi connectivity index (χ0) is 17.2. The first-order valence-corrected chi connectivity index (χ1v) is 8.08. The smallest absolute Gasteiger partial charge is 0.242 e. The van der Waals surface area contributed by atoms with Gasteiger partial charge in [-0.2, -0.15) is 4.98 Å². The Hall–Kier alpha value is -1.39. The van der Waals surface area contributed by atoms with Gasteiger partial charge in [-0.1, -0.05) is 5.16 Å². The van der Waals surface area contributed by atoms with Gasteiger partial charge in [0.05, 0.1) is 13.1 Å². The van der Waals surface area contributed by atoms with Crippen LogP contribution in [0, 0.1) is 6.92 Å². The molecule has 1 heterocycles. The van der Waals surface area contributed by atoms with Crippen molar-refractivity contribution in [3.63, 3.8) is 0 Å². The predicted molar refractivity (Wildman–Crippen MR) is 105 cm³/mol. The average Bonchev–Trinajstić information content (AvgIpc) is 2.93. The van der Waals surface area contributed by atoms with Crippen molar-refractivity contribution < 1.29 is 9.32 Å². The molecule has 24 heavy (non-hydrogen) atoms. The van der Waals surface area contributed by atoms with Crippen molar-refractivity contribution in [3.8, 4) is 0 Å². The van der Waals surface area contributed by atoms with Crippen LogP contribution in [0.4, 0.5) is 0 Å². The van der Waals surface area contributed by atoms with Gasteiger partial charge in [-0.25, -0.2) is 0 Å². The Labute approximate surface area is 161 Å². The number of nitrogens with zero attached hydrogens (tertiary/aromatic N) is 5. The first-order valence-electron chi connectivity index (χ1n) is 8.08. The van der Waals surface area contributed by atoms with Gasteiger partial charge in [0, 0.05) is 33.1 Å². The molecular weight excluding hydrogens is 423 g/mol. The number of amides is 1. The summed E-state index contributed by atoms with van der Waals surface area (Å²) in [5.41, 5.74) is 0. The van der Waals surface area contributed by atoms with Crippen molar-refractivity contribution in [2.75, 3.05) is 39.8 Å². The van der Waals surface area contributed by atoms with Gasteiger partial charge >= 0.3 is 0 Å². The number of carbonyl (C=O) groups excluding carboxylic acids is 1. The second-order valence-electron chi connectivity index (χ2n) is 5.14. The third-order valence-corrected chi connectivity index (χ3v) is 3.34. The lowest BCUT2D eigenvalue weighted by Gasteiger charge is -2.25. The Morgan fingerprint density at radius 2 is 1.96 bits per heavy atom. The van der Waals surface area contributed by atoms with Gasteiger partial charge in [-0.05, 0) is 27.7 Å². The van der Waals surface area contributed by atoms with Crippen molar-refractivity contribution in [1.82, 2.24) is 25.3 Å². The van der Waals surface area contributed by atoms with Gasteiger partial charge in [-0.3, -0.25) is 9.79 Å². The Balaban J connectivity index is 0.00000529. The third kappa shape index (κ3) is 7.45. The van der Waals surface area contributed by atoms with E-state index < -0.39 is 0 Å². The van der Waals surface area contributed by atoms with Crippen molar-refractivity contribution in [3.05, 3.63) is 11.7 Å². The van der Waals surface area contributed by atoms with Crippen LogP contribution in [0.25, 0.3) is 0 Å². The summed E-state index contributed by atoms with van der Waals surface area (Å²) in [6.45, 7) is 10.7. The van der Waals surface area contributed by atoms with Crippen LogP contribution >= 0.6 is 24.0 Å². The minimum atomic E-state index is 0. The summed E-state index contributed by atoms with van der Waals surface area (Å²) >= 11 is 0. The molecule has 0 spiro atoms. The zero-order valence-corrected chi connectivity index (χ0v) is 17.5. The van der Waals surface area contributed by atoms with E-state index in [9.17, 15) is 4.79 Å². The molecule has 0 aromatic carbocycles. The third-order valence-electron chi connectivity index (χ3n) is 3.34. The number of nitrogens with one attached hydrogen (secondary N) is 1. The molecule has 1 amide bonds. The lowest BCUT2D eigenvalue weighted by molar-refractivity contribution is -0.131. The van der Waals surface area contributed by atoms with Crippen LogP contribution in [0.5, 0.6) is 0 Å². The average molecular weight is 452 g/mol. The number of hydrogen-bond donors (Lipinski definition) is 1. The molecule has 1 rings (SSSR count). The lowest BCUT2D eigenvalue weighted by atomic mass is 10.4. The van der Waals surface area contributed by atoms with Gasteiger partial charge in [0.2, 0.25) is 11.8 Å². The van der Waals surface area contributed by atoms with E-state index in [0.717, 1.165) is 6.54 Å². The Bertz CT molecular complexity index is 516. The molecule has 8 nitrogen and oxygen atoms in total. The molecule has 1 N–H and O–H groups in total. The van der Waals surface area contributed by atoms with E-state index in [1.54, 1.807) is 11.8 Å². The maximum atomic E-state index is 12.2. The van der Waals surface area contributed by atoms with E-state index in [1.165, 1.54) is 0 Å². The standard InChI is InChI=1S/C15H28N6O2.HI/c1-6-16-15(17-10-9-13-18-12(4)19-23-13)20(5)11-14(22)21(7-2)8-3;/h6-11H2,1-5H3,(H,16,17);1H. The topological polar surface area (TPSA) is 86.9 Å². The number of halogens is 1. The van der Waals surface area contributed by atoms with E-state index in [4.69, 9.17) is 4.52 Å². The van der Waals surface area contributed by atoms with Crippen molar-refractivity contribution in [2.24, 2.45) is 4.99 Å². The summed E-state index contributed by atoms with van der Waals surface area (Å²) < 4.78 is 5.07. The summed E-state index contributed by atoms with van der Waals surface area (Å²) in [4.78, 5) is 24.5. The summed E-state index contributed by atoms with van der Waals surface area (Å²) in [5, 5.41) is 6.95. The van der Waals surface area contributed by atoms with Gasteiger partial charge in [0.1, 0.15) is 0 Å². The Morgan fingerprint density at radius 1 is 1.29 bits per heavy atom. The summed E-state index contributed by atoms with van der Waals surface area (Å²) in [6.07, 6.45) is 0.577.